The molecule has 4 heterocycles. The molecule has 3 aromatic heterocycles. The van der Waals surface area contributed by atoms with Crippen molar-refractivity contribution in [2.24, 2.45) is 11.5 Å². The smallest absolute Gasteiger partial charge is 0.267 e. The first kappa shape index (κ1) is 20.1. The monoisotopic (exact) mass is 431 g/mol. The Bertz CT molecular complexity index is 1310. The number of anilines is 1. The average molecular weight is 431 g/mol. The molecule has 8 nitrogen and oxygen atoms in total. The van der Waals surface area contributed by atoms with E-state index in [0.717, 1.165) is 40.9 Å². The third-order valence-electron chi connectivity index (χ3n) is 5.83. The van der Waals surface area contributed by atoms with Crippen LogP contribution >= 0.6 is 0 Å². The number of nitrogens with zero attached hydrogens (tertiary/aromatic N) is 4. The summed E-state index contributed by atoms with van der Waals surface area (Å²) >= 11 is 0. The van der Waals surface area contributed by atoms with Gasteiger partial charge >= 0.3 is 0 Å². The van der Waals surface area contributed by atoms with Crippen LogP contribution in [-0.2, 0) is 0 Å². The van der Waals surface area contributed by atoms with E-state index in [0.29, 0.717) is 23.4 Å². The van der Waals surface area contributed by atoms with E-state index in [1.807, 2.05) is 6.92 Å². The van der Waals surface area contributed by atoms with Gasteiger partial charge in [0.1, 0.15) is 22.9 Å². The van der Waals surface area contributed by atoms with Gasteiger partial charge in [0.25, 0.3) is 5.91 Å². The molecule has 162 valence electrons. The number of fused-ring (bicyclic) bond motifs is 1. The van der Waals surface area contributed by atoms with Crippen LogP contribution in [0, 0.1) is 12.7 Å². The standard InChI is InChI=1S/C23H22FN7O/c1-12-2-3-17(24)20-19(12)29-23(30-20)16-10-27-9-15(21(16)31-7-5-14(25)11-31)13-4-6-28-18(8-13)22(26)32/h2-4,6,8-10,14H,5,7,11,25H2,1H3,(H2,26,32)(H,29,30)/t14-/m0/s1. The summed E-state index contributed by atoms with van der Waals surface area (Å²) in [7, 11) is 0. The maximum Gasteiger partial charge on any atom is 0.267 e. The average Bonchev–Trinajstić information content (AvgIpc) is 3.43. The number of hydrogen-bond acceptors (Lipinski definition) is 6. The second-order valence-electron chi connectivity index (χ2n) is 8.05. The maximum absolute atomic E-state index is 14.4. The molecule has 1 saturated heterocycles. The van der Waals surface area contributed by atoms with Gasteiger partial charge in [0.15, 0.2) is 0 Å². The fraction of sp³-hybridized carbons (Fsp3) is 0.217. The summed E-state index contributed by atoms with van der Waals surface area (Å²) in [6.07, 6.45) is 5.83. The van der Waals surface area contributed by atoms with Gasteiger partial charge in [-0.05, 0) is 42.7 Å². The summed E-state index contributed by atoms with van der Waals surface area (Å²) in [5, 5.41) is 0. The Kier molecular flexibility index (Phi) is 4.82. The quantitative estimate of drug-likeness (QED) is 0.456. The molecule has 5 N–H and O–H groups in total. The zero-order chi connectivity index (χ0) is 22.4. The Labute approximate surface area is 183 Å². The number of amides is 1. The number of rotatable bonds is 4. The Hall–Kier alpha value is -3.85. The minimum absolute atomic E-state index is 0.0397. The molecule has 32 heavy (non-hydrogen) atoms. The molecule has 0 spiro atoms. The van der Waals surface area contributed by atoms with E-state index >= 15 is 0 Å². The number of nitrogens with one attached hydrogen (secondary N) is 1. The van der Waals surface area contributed by atoms with Crippen LogP contribution in [0.3, 0.4) is 0 Å². The van der Waals surface area contributed by atoms with Crippen LogP contribution in [0.2, 0.25) is 0 Å². The van der Waals surface area contributed by atoms with Crippen molar-refractivity contribution in [1.29, 1.82) is 0 Å². The zero-order valence-electron chi connectivity index (χ0n) is 17.5. The number of pyridine rings is 2. The first-order chi connectivity index (χ1) is 15.4. The molecule has 0 radical (unpaired) electrons. The molecule has 0 aliphatic carbocycles. The largest absolute Gasteiger partial charge is 0.369 e. The minimum Gasteiger partial charge on any atom is -0.369 e. The lowest BCUT2D eigenvalue weighted by molar-refractivity contribution is 0.0995. The number of benzene rings is 1. The molecule has 1 atom stereocenters. The number of carbonyl (C=O) groups excluding carboxylic acids is 1. The number of aromatic amines is 1. The first-order valence-corrected chi connectivity index (χ1v) is 10.3. The van der Waals surface area contributed by atoms with Crippen LogP contribution in [0.15, 0.2) is 42.9 Å². The van der Waals surface area contributed by atoms with Crippen molar-refractivity contribution in [1.82, 2.24) is 19.9 Å². The molecule has 0 bridgehead atoms. The highest BCUT2D eigenvalue weighted by atomic mass is 19.1. The van der Waals surface area contributed by atoms with E-state index in [1.54, 1.807) is 36.8 Å². The highest BCUT2D eigenvalue weighted by Crippen LogP contribution is 2.40. The zero-order valence-corrected chi connectivity index (χ0v) is 17.5. The van der Waals surface area contributed by atoms with Crippen molar-refractivity contribution in [2.75, 3.05) is 18.0 Å². The van der Waals surface area contributed by atoms with E-state index < -0.39 is 5.91 Å². The number of nitrogens with two attached hydrogens (primary N) is 2. The summed E-state index contributed by atoms with van der Waals surface area (Å²) in [5.74, 6) is -0.454. The van der Waals surface area contributed by atoms with E-state index in [9.17, 15) is 9.18 Å². The van der Waals surface area contributed by atoms with Gasteiger partial charge in [0.2, 0.25) is 0 Å². The molecule has 5 rings (SSSR count). The molecular weight excluding hydrogens is 409 g/mol. The fourth-order valence-electron chi connectivity index (χ4n) is 4.22. The lowest BCUT2D eigenvalue weighted by atomic mass is 10.0. The third kappa shape index (κ3) is 3.36. The number of aryl methyl sites for hydroxylation is 1. The number of hydrogen-bond donors (Lipinski definition) is 3. The highest BCUT2D eigenvalue weighted by Gasteiger charge is 2.27. The minimum atomic E-state index is -0.607. The van der Waals surface area contributed by atoms with Crippen molar-refractivity contribution >= 4 is 22.6 Å². The van der Waals surface area contributed by atoms with Crippen molar-refractivity contribution in [2.45, 2.75) is 19.4 Å². The van der Waals surface area contributed by atoms with Gasteiger partial charge in [0, 0.05) is 43.3 Å². The molecule has 1 fully saturated rings. The highest BCUT2D eigenvalue weighted by molar-refractivity contribution is 5.95. The number of carbonyl (C=O) groups is 1. The van der Waals surface area contributed by atoms with Crippen LogP contribution < -0.4 is 16.4 Å². The predicted octanol–water partition coefficient (Wildman–Crippen LogP) is 2.77. The Balaban J connectivity index is 1.75. The van der Waals surface area contributed by atoms with Crippen molar-refractivity contribution in [3.8, 4) is 22.5 Å². The molecule has 1 aliphatic heterocycles. The van der Waals surface area contributed by atoms with Gasteiger partial charge in [-0.15, -0.1) is 0 Å². The van der Waals surface area contributed by atoms with Crippen LogP contribution in [0.5, 0.6) is 0 Å². The molecule has 1 aromatic carbocycles. The predicted molar refractivity (Wildman–Crippen MR) is 121 cm³/mol. The molecular formula is C23H22FN7O. The Morgan fingerprint density at radius 1 is 1.25 bits per heavy atom. The SMILES string of the molecule is Cc1ccc(F)c2[nH]c(-c3cncc(-c4ccnc(C(N)=O)c4)c3N3CC[C@H](N)C3)nc12. The van der Waals surface area contributed by atoms with E-state index in [4.69, 9.17) is 16.5 Å². The molecule has 0 saturated carbocycles. The van der Waals surface area contributed by atoms with E-state index in [2.05, 4.69) is 19.9 Å². The molecule has 0 unspecified atom stereocenters. The van der Waals surface area contributed by atoms with Gasteiger partial charge in [-0.3, -0.25) is 14.8 Å². The number of H-pyrrole nitrogens is 1. The van der Waals surface area contributed by atoms with Gasteiger partial charge in [-0.25, -0.2) is 9.37 Å². The van der Waals surface area contributed by atoms with Gasteiger partial charge in [-0.2, -0.15) is 0 Å². The summed E-state index contributed by atoms with van der Waals surface area (Å²) in [6, 6.07) is 6.62. The van der Waals surface area contributed by atoms with Crippen LogP contribution in [0.25, 0.3) is 33.5 Å². The Morgan fingerprint density at radius 3 is 2.78 bits per heavy atom. The van der Waals surface area contributed by atoms with E-state index in [1.165, 1.54) is 6.07 Å². The first-order valence-electron chi connectivity index (χ1n) is 10.3. The van der Waals surface area contributed by atoms with Crippen molar-refractivity contribution in [3.05, 3.63) is 59.9 Å². The normalized spacial score (nSPS) is 16.1. The number of primary amides is 1. The topological polar surface area (TPSA) is 127 Å². The number of imidazole rings is 1. The van der Waals surface area contributed by atoms with Crippen molar-refractivity contribution in [3.63, 3.8) is 0 Å². The summed E-state index contributed by atoms with van der Waals surface area (Å²) in [4.78, 5) is 30.2. The van der Waals surface area contributed by atoms with Crippen LogP contribution in [0.1, 0.15) is 22.5 Å². The van der Waals surface area contributed by atoms with Gasteiger partial charge in [-0.1, -0.05) is 6.07 Å². The molecule has 9 heteroatoms. The maximum atomic E-state index is 14.4. The fourth-order valence-corrected chi connectivity index (χ4v) is 4.22. The van der Waals surface area contributed by atoms with Crippen molar-refractivity contribution < 1.29 is 9.18 Å². The molecule has 1 aliphatic rings. The number of aromatic nitrogens is 4. The van der Waals surface area contributed by atoms with Crippen LogP contribution in [0.4, 0.5) is 10.1 Å². The lowest BCUT2D eigenvalue weighted by Crippen LogP contribution is -2.27. The second kappa shape index (κ2) is 7.69. The Morgan fingerprint density at radius 2 is 2.06 bits per heavy atom. The summed E-state index contributed by atoms with van der Waals surface area (Å²) in [6.45, 7) is 3.31. The summed E-state index contributed by atoms with van der Waals surface area (Å²) < 4.78 is 14.4. The van der Waals surface area contributed by atoms with Gasteiger partial charge < -0.3 is 21.4 Å². The lowest BCUT2D eigenvalue weighted by Gasteiger charge is -2.24. The number of halogens is 1. The van der Waals surface area contributed by atoms with E-state index in [-0.39, 0.29) is 17.6 Å². The molecule has 1 amide bonds. The second-order valence-corrected chi connectivity index (χ2v) is 8.05. The summed E-state index contributed by atoms with van der Waals surface area (Å²) in [5.41, 5.74) is 16.7. The molecule has 4 aromatic rings. The third-order valence-corrected chi connectivity index (χ3v) is 5.83. The van der Waals surface area contributed by atoms with Crippen LogP contribution in [-0.4, -0.2) is 45.0 Å². The van der Waals surface area contributed by atoms with Gasteiger partial charge in [0.05, 0.1) is 16.8 Å².